The highest BCUT2D eigenvalue weighted by Gasteiger charge is 2.28. The lowest BCUT2D eigenvalue weighted by atomic mass is 10.4. The summed E-state index contributed by atoms with van der Waals surface area (Å²) in [6.07, 6.45) is -0.521. The highest BCUT2D eigenvalue weighted by molar-refractivity contribution is 7.47. The smallest absolute Gasteiger partial charge is 0.335 e. The summed E-state index contributed by atoms with van der Waals surface area (Å²) in [5.74, 6) is -0.283. The largest absolute Gasteiger partial charge is 0.464 e. The van der Waals surface area contributed by atoms with E-state index in [9.17, 15) is 4.79 Å². The quantitative estimate of drug-likeness (QED) is 0.457. The van der Waals surface area contributed by atoms with Crippen molar-refractivity contribution < 1.29 is 14.1 Å². The van der Waals surface area contributed by atoms with Gasteiger partial charge in [0.2, 0.25) is 0 Å². The molecular weight excluding hydrogens is 263 g/mol. The molecule has 0 aliphatic carbocycles. The van der Waals surface area contributed by atoms with E-state index in [0.29, 0.717) is 6.61 Å². The van der Waals surface area contributed by atoms with Crippen LogP contribution in [0.1, 0.15) is 41.5 Å². The lowest BCUT2D eigenvalue weighted by Gasteiger charge is -2.37. The van der Waals surface area contributed by atoms with Gasteiger partial charge in [0.1, 0.15) is 0 Å². The summed E-state index contributed by atoms with van der Waals surface area (Å²) in [5.41, 5.74) is 0. The standard InChI is InChI=1S/C13H29N2O3P/c1-7-14(8-2)19(15(9-3)10-4)18-12(6)13(16)17-11-5/h12H,7-11H2,1-6H3. The van der Waals surface area contributed by atoms with Gasteiger partial charge in [0.25, 0.3) is 0 Å². The van der Waals surface area contributed by atoms with Gasteiger partial charge in [0, 0.05) is 26.2 Å². The van der Waals surface area contributed by atoms with Crippen molar-refractivity contribution in [1.82, 2.24) is 9.34 Å². The van der Waals surface area contributed by atoms with Gasteiger partial charge < -0.3 is 9.26 Å². The van der Waals surface area contributed by atoms with Crippen molar-refractivity contribution in [2.45, 2.75) is 47.6 Å². The minimum Gasteiger partial charge on any atom is -0.464 e. The maximum Gasteiger partial charge on any atom is 0.335 e. The molecule has 0 amide bonds. The minimum absolute atomic E-state index is 0.283. The first kappa shape index (κ1) is 18.8. The Morgan fingerprint density at radius 2 is 1.42 bits per heavy atom. The number of hydrogen-bond acceptors (Lipinski definition) is 5. The Labute approximate surface area is 119 Å². The van der Waals surface area contributed by atoms with Crippen molar-refractivity contribution in [2.75, 3.05) is 32.8 Å². The molecule has 1 atom stereocenters. The van der Waals surface area contributed by atoms with Crippen molar-refractivity contribution in [3.63, 3.8) is 0 Å². The van der Waals surface area contributed by atoms with Gasteiger partial charge in [-0.3, -0.25) is 0 Å². The van der Waals surface area contributed by atoms with Crippen LogP contribution in [-0.4, -0.2) is 54.2 Å². The molecule has 1 unspecified atom stereocenters. The summed E-state index contributed by atoms with van der Waals surface area (Å²) in [7, 11) is -0.905. The van der Waals surface area contributed by atoms with Crippen molar-refractivity contribution in [3.8, 4) is 0 Å². The van der Waals surface area contributed by atoms with Gasteiger partial charge in [-0.2, -0.15) is 0 Å². The van der Waals surface area contributed by atoms with E-state index in [1.165, 1.54) is 0 Å². The normalized spacial score (nSPS) is 13.3. The second-order valence-electron chi connectivity index (χ2n) is 4.03. The Morgan fingerprint density at radius 3 is 1.74 bits per heavy atom. The summed E-state index contributed by atoms with van der Waals surface area (Å²) < 4.78 is 15.5. The molecule has 0 heterocycles. The zero-order valence-corrected chi connectivity index (χ0v) is 14.1. The van der Waals surface area contributed by atoms with Gasteiger partial charge in [0.15, 0.2) is 14.6 Å². The van der Waals surface area contributed by atoms with E-state index < -0.39 is 14.6 Å². The molecule has 0 fully saturated rings. The number of hydrogen-bond donors (Lipinski definition) is 0. The average molecular weight is 292 g/mol. The number of carbonyl (C=O) groups excluding carboxylic acids is 1. The molecule has 0 bridgehead atoms. The van der Waals surface area contributed by atoms with Crippen LogP contribution < -0.4 is 0 Å². The third kappa shape index (κ3) is 6.17. The molecule has 19 heavy (non-hydrogen) atoms. The summed E-state index contributed by atoms with van der Waals surface area (Å²) >= 11 is 0. The topological polar surface area (TPSA) is 42.0 Å². The Hall–Kier alpha value is -0.220. The summed E-state index contributed by atoms with van der Waals surface area (Å²) in [6, 6.07) is 0. The molecule has 0 aromatic rings. The third-order valence-electron chi connectivity index (χ3n) is 2.81. The average Bonchev–Trinajstić information content (AvgIpc) is 2.41. The molecule has 0 aliphatic heterocycles. The Morgan fingerprint density at radius 1 is 1.00 bits per heavy atom. The molecular formula is C13H29N2O3P. The van der Waals surface area contributed by atoms with E-state index >= 15 is 0 Å². The number of nitrogens with zero attached hydrogens (tertiary/aromatic N) is 2. The van der Waals surface area contributed by atoms with E-state index in [1.807, 2.05) is 6.92 Å². The predicted octanol–water partition coefficient (Wildman–Crippen LogP) is 2.87. The first-order valence-corrected chi connectivity index (χ1v) is 8.35. The minimum atomic E-state index is -0.905. The fourth-order valence-corrected chi connectivity index (χ4v) is 3.65. The second kappa shape index (κ2) is 10.6. The van der Waals surface area contributed by atoms with Crippen LogP contribution in [0.4, 0.5) is 0 Å². The molecule has 0 aromatic heterocycles. The number of rotatable bonds is 10. The van der Waals surface area contributed by atoms with E-state index in [2.05, 4.69) is 37.0 Å². The van der Waals surface area contributed by atoms with Gasteiger partial charge in [-0.1, -0.05) is 27.7 Å². The Balaban J connectivity index is 4.78. The SMILES string of the molecule is CCOC(=O)C(C)OP(N(CC)CC)N(CC)CC. The maximum absolute atomic E-state index is 11.7. The van der Waals surface area contributed by atoms with Gasteiger partial charge in [-0.05, 0) is 13.8 Å². The Bertz CT molecular complexity index is 234. The zero-order valence-electron chi connectivity index (χ0n) is 13.2. The van der Waals surface area contributed by atoms with Crippen LogP contribution in [0.15, 0.2) is 0 Å². The predicted molar refractivity (Wildman–Crippen MR) is 79.9 cm³/mol. The first-order valence-electron chi connectivity index (χ1n) is 7.18. The van der Waals surface area contributed by atoms with Gasteiger partial charge in [0.05, 0.1) is 6.61 Å². The molecule has 0 spiro atoms. The molecule has 6 heteroatoms. The van der Waals surface area contributed by atoms with E-state index in [1.54, 1.807) is 6.92 Å². The van der Waals surface area contributed by atoms with Crippen LogP contribution in [0, 0.1) is 0 Å². The monoisotopic (exact) mass is 292 g/mol. The number of carbonyl (C=O) groups is 1. The molecule has 0 N–H and O–H groups in total. The van der Waals surface area contributed by atoms with Gasteiger partial charge in [-0.15, -0.1) is 0 Å². The molecule has 0 rings (SSSR count). The van der Waals surface area contributed by atoms with Crippen LogP contribution in [0.2, 0.25) is 0 Å². The van der Waals surface area contributed by atoms with Crippen LogP contribution in [0.25, 0.3) is 0 Å². The van der Waals surface area contributed by atoms with Crippen molar-refractivity contribution in [2.24, 2.45) is 0 Å². The summed E-state index contributed by atoms with van der Waals surface area (Å²) in [5, 5.41) is 0. The number of ether oxygens (including phenoxy) is 1. The molecule has 114 valence electrons. The first-order chi connectivity index (χ1) is 9.05. The number of esters is 1. The lowest BCUT2D eigenvalue weighted by Crippen LogP contribution is -2.33. The van der Waals surface area contributed by atoms with Crippen molar-refractivity contribution in [3.05, 3.63) is 0 Å². The third-order valence-corrected chi connectivity index (χ3v) is 5.42. The fourth-order valence-electron chi connectivity index (χ4n) is 1.69. The second-order valence-corrected chi connectivity index (χ2v) is 5.88. The highest BCUT2D eigenvalue weighted by Crippen LogP contribution is 2.46. The molecule has 5 nitrogen and oxygen atoms in total. The molecule has 0 aromatic carbocycles. The van der Waals surface area contributed by atoms with E-state index in [-0.39, 0.29) is 5.97 Å². The lowest BCUT2D eigenvalue weighted by molar-refractivity contribution is -0.150. The van der Waals surface area contributed by atoms with Gasteiger partial charge >= 0.3 is 5.97 Å². The molecule has 0 saturated heterocycles. The van der Waals surface area contributed by atoms with Crippen molar-refractivity contribution in [1.29, 1.82) is 0 Å². The summed E-state index contributed by atoms with van der Waals surface area (Å²) in [6.45, 7) is 16.1. The molecule has 0 saturated carbocycles. The van der Waals surface area contributed by atoms with Crippen LogP contribution in [-0.2, 0) is 14.1 Å². The van der Waals surface area contributed by atoms with Crippen LogP contribution in [0.3, 0.4) is 0 Å². The van der Waals surface area contributed by atoms with E-state index in [4.69, 9.17) is 9.26 Å². The van der Waals surface area contributed by atoms with Crippen molar-refractivity contribution >= 4 is 14.4 Å². The van der Waals surface area contributed by atoms with E-state index in [0.717, 1.165) is 26.2 Å². The molecule has 0 aliphatic rings. The zero-order chi connectivity index (χ0) is 14.8. The fraction of sp³-hybridized carbons (Fsp3) is 0.923. The maximum atomic E-state index is 11.7. The summed E-state index contributed by atoms with van der Waals surface area (Å²) in [4.78, 5) is 11.7. The van der Waals surface area contributed by atoms with Crippen LogP contribution in [0.5, 0.6) is 0 Å². The molecule has 0 radical (unpaired) electrons. The Kier molecular flexibility index (Phi) is 10.4. The van der Waals surface area contributed by atoms with Gasteiger partial charge in [-0.25, -0.2) is 14.1 Å². The van der Waals surface area contributed by atoms with Crippen LogP contribution >= 0.6 is 8.45 Å². The highest BCUT2D eigenvalue weighted by atomic mass is 31.2.